The normalized spacial score (nSPS) is 11.6. The van der Waals surface area contributed by atoms with E-state index in [1.54, 1.807) is 13.4 Å². The Labute approximate surface area is 233 Å². The van der Waals surface area contributed by atoms with Crippen molar-refractivity contribution in [3.8, 4) is 11.5 Å². The Hall–Kier alpha value is -4.14. The Kier molecular flexibility index (Phi) is 9.35. The fourth-order valence-electron chi connectivity index (χ4n) is 4.25. The molecule has 202 valence electrons. The van der Waals surface area contributed by atoms with Crippen LogP contribution in [0.5, 0.6) is 11.5 Å². The van der Waals surface area contributed by atoms with E-state index in [0.717, 1.165) is 22.5 Å². The summed E-state index contributed by atoms with van der Waals surface area (Å²) in [6, 6.07) is 26.0. The predicted octanol–water partition coefficient (Wildman–Crippen LogP) is 5.44. The van der Waals surface area contributed by atoms with Gasteiger partial charge in [0.1, 0.15) is 17.9 Å². The molecule has 0 aliphatic carbocycles. The number of imidazole rings is 1. The highest BCUT2D eigenvalue weighted by Crippen LogP contribution is 2.29. The van der Waals surface area contributed by atoms with E-state index >= 15 is 0 Å². The Morgan fingerprint density at radius 1 is 0.897 bits per heavy atom. The fraction of sp³-hybridized carbons (Fsp3) is 0.233. The van der Waals surface area contributed by atoms with Gasteiger partial charge in [0, 0.05) is 6.42 Å². The number of aromatic amines is 1. The lowest BCUT2D eigenvalue weighted by molar-refractivity contribution is 0.0524. The number of hydrogen-bond donors (Lipinski definition) is 2. The zero-order valence-electron chi connectivity index (χ0n) is 22.0. The molecule has 0 fully saturated rings. The van der Waals surface area contributed by atoms with E-state index in [1.165, 1.54) is 0 Å². The van der Waals surface area contributed by atoms with Gasteiger partial charge in [-0.3, -0.25) is 5.41 Å². The van der Waals surface area contributed by atoms with Gasteiger partial charge in [0.2, 0.25) is 0 Å². The molecule has 2 aromatic heterocycles. The molecule has 9 heteroatoms. The minimum Gasteiger partial charge on any atom is -0.493 e. The molecule has 0 spiro atoms. The number of hydrogen-bond acceptors (Lipinski definition) is 6. The molecule has 2 heterocycles. The van der Waals surface area contributed by atoms with E-state index in [4.69, 9.17) is 24.6 Å². The predicted molar refractivity (Wildman–Crippen MR) is 152 cm³/mol. The average molecular weight is 546 g/mol. The van der Waals surface area contributed by atoms with Crippen LogP contribution < -0.4 is 15.0 Å². The van der Waals surface area contributed by atoms with E-state index < -0.39 is 0 Å². The minimum atomic E-state index is -0.0442. The van der Waals surface area contributed by atoms with Gasteiger partial charge in [0.05, 0.1) is 32.7 Å². The van der Waals surface area contributed by atoms with Crippen molar-refractivity contribution in [2.45, 2.75) is 39.2 Å². The van der Waals surface area contributed by atoms with Crippen molar-refractivity contribution < 1.29 is 14.2 Å². The molecular weight excluding hydrogens is 514 g/mol. The molecule has 5 aromatic rings. The number of aromatic nitrogens is 4. The summed E-state index contributed by atoms with van der Waals surface area (Å²) >= 11 is 0. The third-order valence-electron chi connectivity index (χ3n) is 6.25. The first-order chi connectivity index (χ1) is 18.6. The second-order valence-electron chi connectivity index (χ2n) is 9.17. The van der Waals surface area contributed by atoms with E-state index in [9.17, 15) is 0 Å². The van der Waals surface area contributed by atoms with Crippen molar-refractivity contribution in [1.82, 2.24) is 19.5 Å². The molecule has 5 rings (SSSR count). The monoisotopic (exact) mass is 545 g/mol. The van der Waals surface area contributed by atoms with Crippen molar-refractivity contribution in [2.75, 3.05) is 7.11 Å². The molecule has 0 saturated carbocycles. The zero-order chi connectivity index (χ0) is 26.3. The van der Waals surface area contributed by atoms with E-state index in [-0.39, 0.29) is 24.0 Å². The molecular formula is C30H32ClN5O3. The molecule has 3 aromatic carbocycles. The van der Waals surface area contributed by atoms with Crippen molar-refractivity contribution in [3.05, 3.63) is 113 Å². The maximum atomic E-state index is 8.29. The number of H-pyrrole nitrogens is 1. The Morgan fingerprint density at radius 2 is 1.59 bits per heavy atom. The summed E-state index contributed by atoms with van der Waals surface area (Å²) in [6.45, 7) is 3.53. The third kappa shape index (κ3) is 7.04. The van der Waals surface area contributed by atoms with Crippen LogP contribution in [0.25, 0.3) is 11.2 Å². The Bertz CT molecular complexity index is 1550. The number of ether oxygens (including phenoxy) is 3. The SMILES string of the molecule is COc1ccc(Cn2cnc(=N)c3[nH]c(CC(C)OCc4ccccc4)nc32)cc1OCc1ccccc1.Cl. The molecule has 0 bridgehead atoms. The van der Waals surface area contributed by atoms with Crippen molar-refractivity contribution >= 4 is 23.6 Å². The summed E-state index contributed by atoms with van der Waals surface area (Å²) in [5.41, 5.74) is 4.66. The third-order valence-corrected chi connectivity index (χ3v) is 6.25. The molecule has 39 heavy (non-hydrogen) atoms. The smallest absolute Gasteiger partial charge is 0.173 e. The average Bonchev–Trinajstić information content (AvgIpc) is 3.38. The van der Waals surface area contributed by atoms with Crippen LogP contribution in [0.1, 0.15) is 29.4 Å². The maximum absolute atomic E-state index is 8.29. The molecule has 0 radical (unpaired) electrons. The van der Waals surface area contributed by atoms with Gasteiger partial charge in [0.15, 0.2) is 22.6 Å². The zero-order valence-corrected chi connectivity index (χ0v) is 22.8. The molecule has 8 nitrogen and oxygen atoms in total. The standard InChI is InChI=1S/C30H31N5O3.ClH/c1-21(37-18-22-9-5-3-6-10-22)15-27-33-28-29(31)32-20-35(30(28)34-27)17-24-13-14-25(36-2)26(16-24)38-19-23-11-7-4-8-12-23;/h3-14,16,20-21,31H,15,17-19H2,1-2H3,(H,33,34);1H. The van der Waals surface area contributed by atoms with E-state index in [2.05, 4.69) is 9.97 Å². The van der Waals surface area contributed by atoms with Crippen molar-refractivity contribution in [3.63, 3.8) is 0 Å². The lowest BCUT2D eigenvalue weighted by Crippen LogP contribution is -2.13. The van der Waals surface area contributed by atoms with Crippen LogP contribution in [0.2, 0.25) is 0 Å². The van der Waals surface area contributed by atoms with Gasteiger partial charge >= 0.3 is 0 Å². The highest BCUT2D eigenvalue weighted by atomic mass is 35.5. The lowest BCUT2D eigenvalue weighted by Gasteiger charge is -2.13. The summed E-state index contributed by atoms with van der Waals surface area (Å²) in [5.74, 6) is 2.10. The number of rotatable bonds is 11. The summed E-state index contributed by atoms with van der Waals surface area (Å²) in [7, 11) is 1.63. The van der Waals surface area contributed by atoms with Gasteiger partial charge in [-0.05, 0) is 35.7 Å². The quantitative estimate of drug-likeness (QED) is 0.230. The molecule has 0 aliphatic heterocycles. The van der Waals surface area contributed by atoms with Gasteiger partial charge in [-0.15, -0.1) is 12.4 Å². The maximum Gasteiger partial charge on any atom is 0.173 e. The summed E-state index contributed by atoms with van der Waals surface area (Å²) in [6.07, 6.45) is 2.21. The first-order valence-corrected chi connectivity index (χ1v) is 12.6. The van der Waals surface area contributed by atoms with Crippen molar-refractivity contribution in [2.24, 2.45) is 0 Å². The first kappa shape index (κ1) is 27.9. The van der Waals surface area contributed by atoms with Crippen LogP contribution in [0, 0.1) is 5.41 Å². The van der Waals surface area contributed by atoms with Crippen molar-refractivity contribution in [1.29, 1.82) is 5.41 Å². The number of fused-ring (bicyclic) bond motifs is 1. The molecule has 1 unspecified atom stereocenters. The first-order valence-electron chi connectivity index (χ1n) is 12.6. The number of methoxy groups -OCH3 is 1. The number of nitrogens with one attached hydrogen (secondary N) is 2. The Morgan fingerprint density at radius 3 is 2.28 bits per heavy atom. The summed E-state index contributed by atoms with van der Waals surface area (Å²) in [5, 5.41) is 8.29. The van der Waals surface area contributed by atoms with Crippen LogP contribution in [-0.4, -0.2) is 32.7 Å². The summed E-state index contributed by atoms with van der Waals surface area (Å²) in [4.78, 5) is 12.4. The molecule has 0 amide bonds. The van der Waals surface area contributed by atoms with Crippen LogP contribution in [0.3, 0.4) is 0 Å². The van der Waals surface area contributed by atoms with Gasteiger partial charge in [0.25, 0.3) is 0 Å². The topological polar surface area (TPSA) is 98.0 Å². The Balaban J connectivity index is 0.00000353. The molecule has 0 saturated heterocycles. The van der Waals surface area contributed by atoms with E-state index in [1.807, 2.05) is 90.4 Å². The van der Waals surface area contributed by atoms with Crippen LogP contribution in [0.4, 0.5) is 0 Å². The van der Waals surface area contributed by atoms with Crippen LogP contribution >= 0.6 is 12.4 Å². The van der Waals surface area contributed by atoms with Gasteiger partial charge in [-0.2, -0.15) is 0 Å². The second kappa shape index (κ2) is 13.1. The van der Waals surface area contributed by atoms with Gasteiger partial charge < -0.3 is 23.8 Å². The number of benzene rings is 3. The molecule has 1 atom stereocenters. The van der Waals surface area contributed by atoms with Gasteiger partial charge in [-0.1, -0.05) is 66.7 Å². The highest BCUT2D eigenvalue weighted by Gasteiger charge is 2.14. The van der Waals surface area contributed by atoms with Crippen LogP contribution in [0.15, 0.2) is 85.2 Å². The number of halogens is 1. The highest BCUT2D eigenvalue weighted by molar-refractivity contribution is 5.85. The van der Waals surface area contributed by atoms with E-state index in [0.29, 0.717) is 48.8 Å². The van der Waals surface area contributed by atoms with Crippen LogP contribution in [-0.2, 0) is 30.9 Å². The largest absolute Gasteiger partial charge is 0.493 e. The fourth-order valence-corrected chi connectivity index (χ4v) is 4.25. The minimum absolute atomic E-state index is 0. The number of nitrogens with zero attached hydrogens (tertiary/aromatic N) is 3. The lowest BCUT2D eigenvalue weighted by atomic mass is 10.2. The van der Waals surface area contributed by atoms with Gasteiger partial charge in [-0.25, -0.2) is 9.97 Å². The second-order valence-corrected chi connectivity index (χ2v) is 9.17. The summed E-state index contributed by atoms with van der Waals surface area (Å²) < 4.78 is 19.6. The molecule has 2 N–H and O–H groups in total. The molecule has 0 aliphatic rings.